The molecule has 0 amide bonds. The van der Waals surface area contributed by atoms with Crippen LogP contribution in [-0.2, 0) is 16.1 Å². The van der Waals surface area contributed by atoms with Crippen molar-refractivity contribution in [2.45, 2.75) is 6.54 Å². The lowest BCUT2D eigenvalue weighted by Crippen LogP contribution is -2.32. The number of benzene rings is 2. The van der Waals surface area contributed by atoms with E-state index in [9.17, 15) is 14.4 Å². The van der Waals surface area contributed by atoms with Crippen molar-refractivity contribution >= 4 is 34.0 Å². The molecule has 8 nitrogen and oxygen atoms in total. The molecule has 2 aromatic carbocycles. The molecule has 0 unspecified atom stereocenters. The standard InChI is InChI=1S/C20H16N4O4/c1-28-18(25)12-23-11-13(14-6-3-5-9-17(14)23)10-21-24-19(26)15-7-2-4-8-16(15)22-20(24)27/h2-11H,12H2,1H3,(H,22,27). The van der Waals surface area contributed by atoms with Crippen LogP contribution in [-0.4, -0.2) is 33.5 Å². The van der Waals surface area contributed by atoms with Gasteiger partial charge in [-0.2, -0.15) is 5.10 Å². The smallest absolute Gasteiger partial charge is 0.349 e. The van der Waals surface area contributed by atoms with Crippen molar-refractivity contribution in [3.05, 3.63) is 81.1 Å². The molecule has 140 valence electrons. The first-order valence-corrected chi connectivity index (χ1v) is 8.51. The summed E-state index contributed by atoms with van der Waals surface area (Å²) in [6.45, 7) is 0.0430. The highest BCUT2D eigenvalue weighted by molar-refractivity contribution is 5.99. The highest BCUT2D eigenvalue weighted by Gasteiger charge is 2.11. The maximum absolute atomic E-state index is 12.6. The van der Waals surface area contributed by atoms with Gasteiger partial charge in [0.15, 0.2) is 0 Å². The van der Waals surface area contributed by atoms with E-state index in [1.165, 1.54) is 13.3 Å². The number of rotatable bonds is 4. The van der Waals surface area contributed by atoms with Gasteiger partial charge in [-0.25, -0.2) is 4.79 Å². The topological polar surface area (TPSA) is 98.4 Å². The van der Waals surface area contributed by atoms with Gasteiger partial charge in [-0.05, 0) is 18.2 Å². The number of aromatic amines is 1. The number of H-pyrrole nitrogens is 1. The third kappa shape index (κ3) is 3.01. The molecule has 0 aliphatic heterocycles. The molecule has 0 radical (unpaired) electrons. The maximum atomic E-state index is 12.6. The summed E-state index contributed by atoms with van der Waals surface area (Å²) < 4.78 is 7.25. The van der Waals surface area contributed by atoms with Crippen molar-refractivity contribution in [2.75, 3.05) is 7.11 Å². The molecule has 0 aliphatic carbocycles. The number of methoxy groups -OCH3 is 1. The van der Waals surface area contributed by atoms with Crippen LogP contribution in [0, 0.1) is 0 Å². The molecule has 4 rings (SSSR count). The molecule has 0 spiro atoms. The molecule has 0 saturated carbocycles. The monoisotopic (exact) mass is 376 g/mol. The predicted molar refractivity (Wildman–Crippen MR) is 106 cm³/mol. The second kappa shape index (κ2) is 6.99. The third-order valence-electron chi connectivity index (χ3n) is 4.44. The van der Waals surface area contributed by atoms with Gasteiger partial charge in [0.1, 0.15) is 6.54 Å². The van der Waals surface area contributed by atoms with Gasteiger partial charge in [0, 0.05) is 22.7 Å². The minimum Gasteiger partial charge on any atom is -0.468 e. The number of ether oxygens (including phenoxy) is 1. The number of aromatic nitrogens is 3. The molecule has 2 aromatic heterocycles. The van der Waals surface area contributed by atoms with Crippen LogP contribution in [0.3, 0.4) is 0 Å². The fourth-order valence-corrected chi connectivity index (χ4v) is 3.09. The molecular weight excluding hydrogens is 360 g/mol. The van der Waals surface area contributed by atoms with Crippen molar-refractivity contribution in [1.29, 1.82) is 0 Å². The SMILES string of the molecule is COC(=O)Cn1cc(C=Nn2c(=O)[nH]c3ccccc3c2=O)c2ccccc21. The quantitative estimate of drug-likeness (QED) is 0.433. The first-order chi connectivity index (χ1) is 13.6. The van der Waals surface area contributed by atoms with E-state index in [1.54, 1.807) is 35.0 Å². The number of carbonyl (C=O) groups is 1. The number of nitrogens with zero attached hydrogens (tertiary/aromatic N) is 3. The molecule has 0 atom stereocenters. The zero-order chi connectivity index (χ0) is 19.7. The minimum atomic E-state index is -0.627. The first kappa shape index (κ1) is 17.5. The molecule has 0 fully saturated rings. The van der Waals surface area contributed by atoms with E-state index in [1.807, 2.05) is 24.3 Å². The Bertz CT molecular complexity index is 1340. The van der Waals surface area contributed by atoms with Crippen molar-refractivity contribution in [3.63, 3.8) is 0 Å². The highest BCUT2D eigenvalue weighted by atomic mass is 16.5. The minimum absolute atomic E-state index is 0.0430. The summed E-state index contributed by atoms with van der Waals surface area (Å²) >= 11 is 0. The normalized spacial score (nSPS) is 11.5. The summed E-state index contributed by atoms with van der Waals surface area (Å²) in [5.41, 5.74) is 0.804. The Morgan fingerprint density at radius 1 is 1.11 bits per heavy atom. The lowest BCUT2D eigenvalue weighted by atomic mass is 10.2. The summed E-state index contributed by atoms with van der Waals surface area (Å²) in [6, 6.07) is 14.2. The van der Waals surface area contributed by atoms with Crippen LogP contribution in [0.4, 0.5) is 0 Å². The summed E-state index contributed by atoms with van der Waals surface area (Å²) in [6.07, 6.45) is 3.16. The molecule has 2 heterocycles. The van der Waals surface area contributed by atoms with E-state index < -0.39 is 11.2 Å². The van der Waals surface area contributed by atoms with Crippen LogP contribution in [0.2, 0.25) is 0 Å². The average Bonchev–Trinajstić information content (AvgIpc) is 3.05. The molecular formula is C20H16N4O4. The molecule has 1 N–H and O–H groups in total. The van der Waals surface area contributed by atoms with E-state index in [2.05, 4.69) is 10.1 Å². The third-order valence-corrected chi connectivity index (χ3v) is 4.44. The lowest BCUT2D eigenvalue weighted by Gasteiger charge is -2.02. The lowest BCUT2D eigenvalue weighted by molar-refractivity contribution is -0.141. The average molecular weight is 376 g/mol. The zero-order valence-corrected chi connectivity index (χ0v) is 15.0. The Labute approximate surface area is 158 Å². The van der Waals surface area contributed by atoms with Crippen LogP contribution in [0.5, 0.6) is 0 Å². The molecule has 28 heavy (non-hydrogen) atoms. The van der Waals surface area contributed by atoms with Gasteiger partial charge in [0.2, 0.25) is 0 Å². The predicted octanol–water partition coefficient (Wildman–Crippen LogP) is 1.70. The Hall–Kier alpha value is -3.94. The number of carbonyl (C=O) groups excluding carboxylic acids is 1. The first-order valence-electron chi connectivity index (χ1n) is 8.51. The van der Waals surface area contributed by atoms with Crippen molar-refractivity contribution < 1.29 is 9.53 Å². The van der Waals surface area contributed by atoms with E-state index in [4.69, 9.17) is 4.74 Å². The fourth-order valence-electron chi connectivity index (χ4n) is 3.09. The van der Waals surface area contributed by atoms with Gasteiger partial charge in [-0.15, -0.1) is 4.68 Å². The van der Waals surface area contributed by atoms with E-state index in [0.717, 1.165) is 15.6 Å². The highest BCUT2D eigenvalue weighted by Crippen LogP contribution is 2.20. The van der Waals surface area contributed by atoms with Gasteiger partial charge in [-0.1, -0.05) is 30.3 Å². The van der Waals surface area contributed by atoms with Crippen LogP contribution < -0.4 is 11.2 Å². The number of para-hydroxylation sites is 2. The summed E-state index contributed by atoms with van der Waals surface area (Å²) in [4.78, 5) is 39.1. The van der Waals surface area contributed by atoms with Gasteiger partial charge in [0.25, 0.3) is 5.56 Å². The largest absolute Gasteiger partial charge is 0.468 e. The molecule has 0 saturated heterocycles. The van der Waals surface area contributed by atoms with E-state index in [0.29, 0.717) is 16.5 Å². The molecule has 0 aliphatic rings. The second-order valence-electron chi connectivity index (χ2n) is 6.14. The van der Waals surface area contributed by atoms with Gasteiger partial charge in [-0.3, -0.25) is 9.59 Å². The summed E-state index contributed by atoms with van der Waals surface area (Å²) in [5.74, 6) is -0.383. The zero-order valence-electron chi connectivity index (χ0n) is 15.0. The molecule has 8 heteroatoms. The van der Waals surface area contributed by atoms with Gasteiger partial charge >= 0.3 is 11.7 Å². The van der Waals surface area contributed by atoms with Gasteiger partial charge < -0.3 is 14.3 Å². The Morgan fingerprint density at radius 3 is 2.61 bits per heavy atom. The van der Waals surface area contributed by atoms with Crippen molar-refractivity contribution in [3.8, 4) is 0 Å². The summed E-state index contributed by atoms with van der Waals surface area (Å²) in [7, 11) is 1.33. The number of esters is 1. The number of hydrogen-bond donors (Lipinski definition) is 1. The van der Waals surface area contributed by atoms with Crippen LogP contribution in [0.25, 0.3) is 21.8 Å². The molecule has 4 aromatic rings. The van der Waals surface area contributed by atoms with Crippen molar-refractivity contribution in [2.24, 2.45) is 5.10 Å². The van der Waals surface area contributed by atoms with E-state index >= 15 is 0 Å². The Balaban J connectivity index is 1.82. The van der Waals surface area contributed by atoms with Crippen LogP contribution >= 0.6 is 0 Å². The van der Waals surface area contributed by atoms with Gasteiger partial charge in [0.05, 0.1) is 24.2 Å². The number of nitrogens with one attached hydrogen (secondary N) is 1. The maximum Gasteiger partial charge on any atom is 0.349 e. The van der Waals surface area contributed by atoms with E-state index in [-0.39, 0.29) is 12.5 Å². The summed E-state index contributed by atoms with van der Waals surface area (Å²) in [5, 5.41) is 5.30. The van der Waals surface area contributed by atoms with Crippen LogP contribution in [0.1, 0.15) is 5.56 Å². The Morgan fingerprint density at radius 2 is 1.82 bits per heavy atom. The van der Waals surface area contributed by atoms with Crippen molar-refractivity contribution in [1.82, 2.24) is 14.2 Å². The fraction of sp³-hybridized carbons (Fsp3) is 0.100. The number of fused-ring (bicyclic) bond motifs is 2. The second-order valence-corrected chi connectivity index (χ2v) is 6.14. The molecule has 0 bridgehead atoms. The van der Waals surface area contributed by atoms with Crippen LogP contribution in [0.15, 0.2) is 69.4 Å². The number of hydrogen-bond acceptors (Lipinski definition) is 5. The Kier molecular flexibility index (Phi) is 4.36.